The van der Waals surface area contributed by atoms with Crippen LogP contribution in [-0.2, 0) is 17.9 Å². The molecular weight excluding hydrogens is 575 g/mol. The van der Waals surface area contributed by atoms with Crippen LogP contribution in [0.4, 0.5) is 0 Å². The lowest BCUT2D eigenvalue weighted by Gasteiger charge is -2.18. The van der Waals surface area contributed by atoms with Gasteiger partial charge in [-0.3, -0.25) is 14.7 Å². The Labute approximate surface area is 255 Å². The number of likely N-dealkylation sites (tertiary alicyclic amines) is 1. The van der Waals surface area contributed by atoms with Crippen LogP contribution in [0.3, 0.4) is 0 Å². The van der Waals surface area contributed by atoms with Crippen molar-refractivity contribution in [3.63, 3.8) is 0 Å². The second-order valence-electron chi connectivity index (χ2n) is 10.2. The van der Waals surface area contributed by atoms with Gasteiger partial charge in [-0.1, -0.05) is 59.6 Å². The molecule has 4 aromatic rings. The maximum absolute atomic E-state index is 11.4. The zero-order valence-electron chi connectivity index (χ0n) is 23.7. The van der Waals surface area contributed by atoms with Gasteiger partial charge in [0.1, 0.15) is 5.75 Å². The highest BCUT2D eigenvalue weighted by Gasteiger charge is 2.28. The van der Waals surface area contributed by atoms with Gasteiger partial charge in [-0.15, -0.1) is 0 Å². The van der Waals surface area contributed by atoms with E-state index in [-0.39, 0.29) is 5.92 Å². The van der Waals surface area contributed by atoms with E-state index < -0.39 is 5.97 Å². The molecule has 1 unspecified atom stereocenters. The highest BCUT2D eigenvalue weighted by molar-refractivity contribution is 6.39. The number of nitrogens with zero attached hydrogens (tertiary/aromatic N) is 3. The van der Waals surface area contributed by atoms with Gasteiger partial charge in [0, 0.05) is 59.2 Å². The molecule has 5 rings (SSSR count). The number of ether oxygens (including phenoxy) is 2. The summed E-state index contributed by atoms with van der Waals surface area (Å²) in [5.41, 5.74) is 6.27. The monoisotopic (exact) mass is 606 g/mol. The normalized spacial score (nSPS) is 15.1. The quantitative estimate of drug-likeness (QED) is 0.213. The van der Waals surface area contributed by atoms with Crippen molar-refractivity contribution in [2.24, 2.45) is 5.92 Å². The number of carboxylic acids is 1. The predicted octanol–water partition coefficient (Wildman–Crippen LogP) is 6.43. The molecule has 0 saturated carbocycles. The number of benzene rings is 2. The summed E-state index contributed by atoms with van der Waals surface area (Å²) in [6.45, 7) is 2.50. The fraction of sp³-hybridized carbons (Fsp3) is 0.281. The van der Waals surface area contributed by atoms with E-state index in [2.05, 4.69) is 15.2 Å². The molecule has 1 atom stereocenters. The number of carbonyl (C=O) groups is 1. The number of methoxy groups -OCH3 is 2. The summed E-state index contributed by atoms with van der Waals surface area (Å²) in [6.07, 6.45) is 2.36. The number of halogens is 2. The van der Waals surface area contributed by atoms with E-state index in [1.54, 1.807) is 20.4 Å². The first kappa shape index (κ1) is 29.8. The van der Waals surface area contributed by atoms with Crippen LogP contribution in [0.25, 0.3) is 33.6 Å². The number of aromatic nitrogens is 2. The van der Waals surface area contributed by atoms with E-state index in [1.807, 2.05) is 61.6 Å². The lowest BCUT2D eigenvalue weighted by molar-refractivity contribution is -0.141. The Hall–Kier alpha value is -3.69. The van der Waals surface area contributed by atoms with E-state index in [0.717, 1.165) is 39.9 Å². The number of rotatable bonds is 10. The fourth-order valence-electron chi connectivity index (χ4n) is 5.35. The van der Waals surface area contributed by atoms with Crippen LogP contribution in [0.5, 0.6) is 11.6 Å². The third kappa shape index (κ3) is 6.08. The highest BCUT2D eigenvalue weighted by Crippen LogP contribution is 2.42. The molecule has 1 aliphatic heterocycles. The first-order valence-corrected chi connectivity index (χ1v) is 14.3. The first-order valence-electron chi connectivity index (χ1n) is 13.6. The summed E-state index contributed by atoms with van der Waals surface area (Å²) in [7, 11) is 5.10. The number of nitrogens with one attached hydrogen (secondary N) is 1. The van der Waals surface area contributed by atoms with Crippen molar-refractivity contribution in [3.8, 4) is 45.3 Å². The molecule has 0 aliphatic carbocycles. The maximum Gasteiger partial charge on any atom is 0.307 e. The molecule has 2 N–H and O–H groups in total. The van der Waals surface area contributed by atoms with Gasteiger partial charge < -0.3 is 19.9 Å². The molecule has 0 spiro atoms. The standard InChI is InChI=1S/C32H32Cl2N4O4/c1-35-16-20-9-10-26(37-31(20)42-3)25-6-4-5-23(28(25)33)24-11-13-36-30(29(24)34)19-7-8-21(27(15-19)41-2)17-38-14-12-22(18-38)32(39)40/h4-11,13,15,22,35H,12,14,16-18H2,1-3H3,(H,39,40). The van der Waals surface area contributed by atoms with E-state index in [9.17, 15) is 9.90 Å². The van der Waals surface area contributed by atoms with Crippen molar-refractivity contribution in [2.45, 2.75) is 19.5 Å². The molecule has 0 bridgehead atoms. The minimum Gasteiger partial charge on any atom is -0.496 e. The van der Waals surface area contributed by atoms with Gasteiger partial charge >= 0.3 is 5.97 Å². The molecule has 1 saturated heterocycles. The molecule has 2 aromatic heterocycles. The van der Waals surface area contributed by atoms with Gasteiger partial charge in [0.2, 0.25) is 5.88 Å². The smallest absolute Gasteiger partial charge is 0.307 e. The fourth-order valence-corrected chi connectivity index (χ4v) is 6.00. The third-order valence-corrected chi connectivity index (χ3v) is 8.32. The minimum absolute atomic E-state index is 0.332. The Morgan fingerprint density at radius 1 is 1.02 bits per heavy atom. The average molecular weight is 608 g/mol. The summed E-state index contributed by atoms with van der Waals surface area (Å²) in [6, 6.07) is 17.4. The summed E-state index contributed by atoms with van der Waals surface area (Å²) < 4.78 is 11.2. The zero-order valence-corrected chi connectivity index (χ0v) is 25.2. The number of pyridine rings is 2. The second kappa shape index (κ2) is 13.1. The van der Waals surface area contributed by atoms with Crippen molar-refractivity contribution in [1.82, 2.24) is 20.2 Å². The van der Waals surface area contributed by atoms with Crippen molar-refractivity contribution in [3.05, 3.63) is 82.0 Å². The maximum atomic E-state index is 11.4. The molecule has 0 amide bonds. The molecule has 3 heterocycles. The van der Waals surface area contributed by atoms with Crippen LogP contribution in [0, 0.1) is 5.92 Å². The lowest BCUT2D eigenvalue weighted by Crippen LogP contribution is -2.23. The van der Waals surface area contributed by atoms with Crippen molar-refractivity contribution in [2.75, 3.05) is 34.4 Å². The van der Waals surface area contributed by atoms with Gasteiger partial charge in [-0.2, -0.15) is 0 Å². The molecule has 0 radical (unpaired) electrons. The number of hydrogen-bond donors (Lipinski definition) is 2. The van der Waals surface area contributed by atoms with Crippen LogP contribution < -0.4 is 14.8 Å². The van der Waals surface area contributed by atoms with Crippen molar-refractivity contribution >= 4 is 29.2 Å². The third-order valence-electron chi connectivity index (χ3n) is 7.53. The van der Waals surface area contributed by atoms with Crippen LogP contribution in [-0.4, -0.2) is 60.3 Å². The van der Waals surface area contributed by atoms with Gasteiger partial charge in [-0.05, 0) is 38.2 Å². The first-order chi connectivity index (χ1) is 20.3. The summed E-state index contributed by atoms with van der Waals surface area (Å²) in [5, 5.41) is 13.4. The van der Waals surface area contributed by atoms with Crippen molar-refractivity contribution < 1.29 is 19.4 Å². The van der Waals surface area contributed by atoms with Gasteiger partial charge in [0.25, 0.3) is 0 Å². The number of aliphatic carboxylic acids is 1. The van der Waals surface area contributed by atoms with Gasteiger partial charge in [0.15, 0.2) is 0 Å². The minimum atomic E-state index is -0.746. The Balaban J connectivity index is 1.46. The van der Waals surface area contributed by atoms with Crippen LogP contribution in [0.15, 0.2) is 60.8 Å². The molecule has 1 aliphatic rings. The van der Waals surface area contributed by atoms with E-state index in [4.69, 9.17) is 37.7 Å². The SMILES string of the molecule is CNCc1ccc(-c2cccc(-c3ccnc(-c4ccc(CN5CCC(C(=O)O)C5)c(OC)c4)c3Cl)c2Cl)nc1OC. The summed E-state index contributed by atoms with van der Waals surface area (Å²) in [4.78, 5) is 22.8. The van der Waals surface area contributed by atoms with Crippen LogP contribution in [0.1, 0.15) is 17.5 Å². The van der Waals surface area contributed by atoms with E-state index in [1.165, 1.54) is 0 Å². The molecular formula is C32H32Cl2N4O4. The summed E-state index contributed by atoms with van der Waals surface area (Å²) >= 11 is 14.0. The Kier molecular flexibility index (Phi) is 9.28. The Morgan fingerprint density at radius 3 is 2.50 bits per heavy atom. The molecule has 8 nitrogen and oxygen atoms in total. The van der Waals surface area contributed by atoms with Crippen LogP contribution >= 0.6 is 23.2 Å². The van der Waals surface area contributed by atoms with Gasteiger partial charge in [-0.25, -0.2) is 4.98 Å². The number of carboxylic acid groups (broad SMARTS) is 1. The number of hydrogen-bond acceptors (Lipinski definition) is 7. The zero-order chi connectivity index (χ0) is 29.8. The molecule has 218 valence electrons. The van der Waals surface area contributed by atoms with Crippen molar-refractivity contribution in [1.29, 1.82) is 0 Å². The van der Waals surface area contributed by atoms with Crippen LogP contribution in [0.2, 0.25) is 10.0 Å². The highest BCUT2D eigenvalue weighted by atomic mass is 35.5. The predicted molar refractivity (Wildman–Crippen MR) is 165 cm³/mol. The molecule has 2 aromatic carbocycles. The molecule has 10 heteroatoms. The lowest BCUT2D eigenvalue weighted by atomic mass is 9.99. The second-order valence-corrected chi connectivity index (χ2v) is 10.9. The topological polar surface area (TPSA) is 96.8 Å². The largest absolute Gasteiger partial charge is 0.496 e. The Bertz CT molecular complexity index is 1610. The van der Waals surface area contributed by atoms with Gasteiger partial charge in [0.05, 0.1) is 41.6 Å². The van der Waals surface area contributed by atoms with E-state index >= 15 is 0 Å². The van der Waals surface area contributed by atoms with E-state index in [0.29, 0.717) is 59.1 Å². The molecule has 1 fully saturated rings. The molecule has 42 heavy (non-hydrogen) atoms. The average Bonchev–Trinajstić information content (AvgIpc) is 3.47. The summed E-state index contributed by atoms with van der Waals surface area (Å²) in [5.74, 6) is 0.152. The Morgan fingerprint density at radius 2 is 1.79 bits per heavy atom.